The van der Waals surface area contributed by atoms with E-state index >= 15 is 0 Å². The zero-order valence-corrected chi connectivity index (χ0v) is 10.8. The Bertz CT molecular complexity index is 184. The predicted octanol–water partition coefficient (Wildman–Crippen LogP) is 1.40. The van der Waals surface area contributed by atoms with Crippen LogP contribution in [0, 0.1) is 5.92 Å². The Kier molecular flexibility index (Phi) is 8.29. The van der Waals surface area contributed by atoms with Crippen molar-refractivity contribution >= 4 is 30.1 Å². The number of carbonyl (C=O) groups excluding carboxylic acids is 1. The van der Waals surface area contributed by atoms with Gasteiger partial charge in [-0.3, -0.25) is 4.79 Å². The third kappa shape index (κ3) is 7.03. The normalized spacial score (nSPS) is 19.1. The van der Waals surface area contributed by atoms with Crippen LogP contribution in [0.5, 0.6) is 0 Å². The molecule has 3 N–H and O–H groups in total. The van der Waals surface area contributed by atoms with E-state index < -0.39 is 0 Å². The van der Waals surface area contributed by atoms with Crippen LogP contribution in [-0.4, -0.2) is 30.0 Å². The Morgan fingerprint density at radius 2 is 2.13 bits per heavy atom. The lowest BCUT2D eigenvalue weighted by molar-refractivity contribution is -0.121. The van der Waals surface area contributed by atoms with Crippen molar-refractivity contribution in [2.45, 2.75) is 32.2 Å². The molecule has 1 saturated heterocycles. The first-order valence-corrected chi connectivity index (χ1v) is 6.44. The van der Waals surface area contributed by atoms with Gasteiger partial charge in [-0.15, -0.1) is 12.4 Å². The quantitative estimate of drug-likeness (QED) is 0.796. The Labute approximate surface area is 102 Å². The maximum absolute atomic E-state index is 11.3. The number of thioether (sulfide) groups is 1. The minimum atomic E-state index is -0.0306. The van der Waals surface area contributed by atoms with E-state index in [1.54, 1.807) is 0 Å². The first-order chi connectivity index (χ1) is 6.68. The number of hydrogen-bond donors (Lipinski definition) is 2. The Balaban J connectivity index is 0.00000196. The second-order valence-corrected chi connectivity index (χ2v) is 5.27. The highest BCUT2D eigenvalue weighted by molar-refractivity contribution is 7.99. The van der Waals surface area contributed by atoms with Crippen molar-refractivity contribution in [2.24, 2.45) is 11.7 Å². The van der Waals surface area contributed by atoms with Gasteiger partial charge in [-0.2, -0.15) is 11.8 Å². The van der Waals surface area contributed by atoms with Crippen molar-refractivity contribution in [2.75, 3.05) is 18.1 Å². The molecule has 1 amide bonds. The summed E-state index contributed by atoms with van der Waals surface area (Å²) < 4.78 is 0. The average molecular weight is 253 g/mol. The summed E-state index contributed by atoms with van der Waals surface area (Å²) in [5, 5.41) is 2.96. The summed E-state index contributed by atoms with van der Waals surface area (Å²) in [5.74, 6) is 3.27. The molecule has 0 aliphatic carbocycles. The highest BCUT2D eigenvalue weighted by Gasteiger charge is 2.14. The summed E-state index contributed by atoms with van der Waals surface area (Å²) in [6.07, 6.45) is 2.92. The van der Waals surface area contributed by atoms with Crippen molar-refractivity contribution in [1.29, 1.82) is 0 Å². The Morgan fingerprint density at radius 1 is 1.53 bits per heavy atom. The summed E-state index contributed by atoms with van der Waals surface area (Å²) in [6.45, 7) is 2.70. The smallest absolute Gasteiger partial charge is 0.221 e. The fraction of sp³-hybridized carbons (Fsp3) is 0.900. The molecule has 1 fully saturated rings. The van der Waals surface area contributed by atoms with Gasteiger partial charge in [0, 0.05) is 19.0 Å². The lowest BCUT2D eigenvalue weighted by Crippen LogP contribution is -2.34. The maximum atomic E-state index is 11.3. The molecule has 1 heterocycles. The molecule has 0 saturated carbocycles. The van der Waals surface area contributed by atoms with Crippen LogP contribution >= 0.6 is 24.2 Å². The number of nitrogens with two attached hydrogens (primary N) is 1. The summed E-state index contributed by atoms with van der Waals surface area (Å²) in [6, 6.07) is -0.0306. The Morgan fingerprint density at radius 3 is 2.67 bits per heavy atom. The van der Waals surface area contributed by atoms with Crippen molar-refractivity contribution in [3.8, 4) is 0 Å². The van der Waals surface area contributed by atoms with E-state index in [0.29, 0.717) is 12.3 Å². The summed E-state index contributed by atoms with van der Waals surface area (Å²) in [5.41, 5.74) is 5.54. The molecule has 15 heavy (non-hydrogen) atoms. The van der Waals surface area contributed by atoms with E-state index in [1.807, 2.05) is 18.7 Å². The van der Waals surface area contributed by atoms with Crippen molar-refractivity contribution in [1.82, 2.24) is 5.32 Å². The molecule has 0 spiro atoms. The van der Waals surface area contributed by atoms with Gasteiger partial charge >= 0.3 is 0 Å². The van der Waals surface area contributed by atoms with Gasteiger partial charge in [0.15, 0.2) is 0 Å². The molecule has 90 valence electrons. The third-order valence-electron chi connectivity index (χ3n) is 2.44. The minimum Gasteiger partial charge on any atom is -0.356 e. The van der Waals surface area contributed by atoms with Crippen LogP contribution in [0.1, 0.15) is 26.2 Å². The molecule has 0 radical (unpaired) electrons. The SMILES string of the molecule is CC(N)CC(=O)NCC1CCSCC1.Cl. The van der Waals surface area contributed by atoms with E-state index in [9.17, 15) is 4.79 Å². The summed E-state index contributed by atoms with van der Waals surface area (Å²) >= 11 is 2.01. The lowest BCUT2D eigenvalue weighted by Gasteiger charge is -2.21. The number of carbonyl (C=O) groups is 1. The number of amides is 1. The third-order valence-corrected chi connectivity index (χ3v) is 3.48. The van der Waals surface area contributed by atoms with Gasteiger partial charge < -0.3 is 11.1 Å². The van der Waals surface area contributed by atoms with Crippen LogP contribution in [-0.2, 0) is 4.79 Å². The monoisotopic (exact) mass is 252 g/mol. The molecule has 0 aromatic rings. The van der Waals surface area contributed by atoms with Crippen molar-refractivity contribution in [3.63, 3.8) is 0 Å². The van der Waals surface area contributed by atoms with Gasteiger partial charge in [0.05, 0.1) is 0 Å². The first kappa shape index (κ1) is 15.1. The van der Waals surface area contributed by atoms with Crippen molar-refractivity contribution in [3.05, 3.63) is 0 Å². The topological polar surface area (TPSA) is 55.1 Å². The molecule has 1 unspecified atom stereocenters. The standard InChI is InChI=1S/C10H20N2OS.ClH/c1-8(11)6-10(13)12-7-9-2-4-14-5-3-9;/h8-9H,2-7,11H2,1H3,(H,12,13);1H. The summed E-state index contributed by atoms with van der Waals surface area (Å²) in [7, 11) is 0. The molecule has 1 atom stereocenters. The molecule has 0 aromatic carbocycles. The highest BCUT2D eigenvalue weighted by Crippen LogP contribution is 2.21. The van der Waals surface area contributed by atoms with Crippen LogP contribution in [0.25, 0.3) is 0 Å². The van der Waals surface area contributed by atoms with Crippen LogP contribution in [0.4, 0.5) is 0 Å². The molecular weight excluding hydrogens is 232 g/mol. The minimum absolute atomic E-state index is 0. The number of hydrogen-bond acceptors (Lipinski definition) is 3. The average Bonchev–Trinajstić information content (AvgIpc) is 2.15. The molecule has 1 aliphatic heterocycles. The highest BCUT2D eigenvalue weighted by atomic mass is 35.5. The number of nitrogens with one attached hydrogen (secondary N) is 1. The van der Waals surface area contributed by atoms with Crippen molar-refractivity contribution < 1.29 is 4.79 Å². The van der Waals surface area contributed by atoms with Gasteiger partial charge in [0.2, 0.25) is 5.91 Å². The second-order valence-electron chi connectivity index (χ2n) is 4.04. The van der Waals surface area contributed by atoms with Gasteiger partial charge in [0.25, 0.3) is 0 Å². The number of halogens is 1. The predicted molar refractivity (Wildman–Crippen MR) is 68.6 cm³/mol. The van der Waals surface area contributed by atoms with E-state index in [0.717, 1.165) is 6.54 Å². The van der Waals surface area contributed by atoms with Crippen LogP contribution < -0.4 is 11.1 Å². The van der Waals surface area contributed by atoms with Gasteiger partial charge in [0.1, 0.15) is 0 Å². The maximum Gasteiger partial charge on any atom is 0.221 e. The van der Waals surface area contributed by atoms with E-state index in [-0.39, 0.29) is 24.4 Å². The van der Waals surface area contributed by atoms with E-state index in [4.69, 9.17) is 5.73 Å². The van der Waals surface area contributed by atoms with Crippen LogP contribution in [0.15, 0.2) is 0 Å². The number of rotatable bonds is 4. The lowest BCUT2D eigenvalue weighted by atomic mass is 10.0. The molecule has 0 bridgehead atoms. The van der Waals surface area contributed by atoms with E-state index in [1.165, 1.54) is 24.3 Å². The van der Waals surface area contributed by atoms with Gasteiger partial charge in [-0.1, -0.05) is 0 Å². The molecule has 3 nitrogen and oxygen atoms in total. The molecule has 5 heteroatoms. The molecule has 0 aromatic heterocycles. The fourth-order valence-corrected chi connectivity index (χ4v) is 2.78. The largest absolute Gasteiger partial charge is 0.356 e. The van der Waals surface area contributed by atoms with Gasteiger partial charge in [-0.25, -0.2) is 0 Å². The molecule has 1 rings (SSSR count). The zero-order chi connectivity index (χ0) is 10.4. The fourth-order valence-electron chi connectivity index (χ4n) is 1.57. The zero-order valence-electron chi connectivity index (χ0n) is 9.20. The summed E-state index contributed by atoms with van der Waals surface area (Å²) in [4.78, 5) is 11.3. The molecular formula is C10H21ClN2OS. The van der Waals surface area contributed by atoms with Gasteiger partial charge in [-0.05, 0) is 37.2 Å². The Hall–Kier alpha value is 0.0700. The van der Waals surface area contributed by atoms with Crippen LogP contribution in [0.2, 0.25) is 0 Å². The van der Waals surface area contributed by atoms with E-state index in [2.05, 4.69) is 5.32 Å². The molecule has 1 aliphatic rings. The first-order valence-electron chi connectivity index (χ1n) is 5.28. The second kappa shape index (κ2) is 8.25. The van der Waals surface area contributed by atoms with Crippen LogP contribution in [0.3, 0.4) is 0 Å².